The number of nitrogens with one attached hydrogen (secondary N) is 2. The van der Waals surface area contributed by atoms with Crippen molar-refractivity contribution in [3.8, 4) is 0 Å². The minimum absolute atomic E-state index is 0.0519. The molecule has 1 aromatic carbocycles. The van der Waals surface area contributed by atoms with Gasteiger partial charge >= 0.3 is 0 Å². The summed E-state index contributed by atoms with van der Waals surface area (Å²) < 4.78 is 0. The van der Waals surface area contributed by atoms with Crippen LogP contribution in [0.5, 0.6) is 0 Å². The number of benzene rings is 1. The van der Waals surface area contributed by atoms with Crippen LogP contribution in [0.3, 0.4) is 0 Å². The van der Waals surface area contributed by atoms with Gasteiger partial charge in [0.05, 0.1) is 6.54 Å². The van der Waals surface area contributed by atoms with Crippen molar-refractivity contribution in [3.05, 3.63) is 47.7 Å². The minimum Gasteiger partial charge on any atom is -0.361 e. The number of aromatic amines is 2. The molecule has 6 heteroatoms. The molecule has 1 amide bonds. The van der Waals surface area contributed by atoms with E-state index in [4.69, 9.17) is 0 Å². The highest BCUT2D eigenvalue weighted by Crippen LogP contribution is 2.15. The highest BCUT2D eigenvalue weighted by atomic mass is 16.2. The van der Waals surface area contributed by atoms with Gasteiger partial charge in [0.2, 0.25) is 0 Å². The molecular weight excluding hydrogens is 254 g/mol. The van der Waals surface area contributed by atoms with Gasteiger partial charge in [-0.25, -0.2) is 4.98 Å². The van der Waals surface area contributed by atoms with Crippen LogP contribution in [0.15, 0.2) is 30.5 Å². The lowest BCUT2D eigenvalue weighted by molar-refractivity contribution is 0.0782. The number of H-pyrrole nitrogens is 2. The van der Waals surface area contributed by atoms with E-state index in [2.05, 4.69) is 20.2 Å². The highest BCUT2D eigenvalue weighted by molar-refractivity contribution is 5.97. The Morgan fingerprint density at radius 1 is 1.35 bits per heavy atom. The van der Waals surface area contributed by atoms with Crippen LogP contribution in [-0.2, 0) is 6.54 Å². The quantitative estimate of drug-likeness (QED) is 0.762. The van der Waals surface area contributed by atoms with Gasteiger partial charge < -0.3 is 9.88 Å². The average Bonchev–Trinajstić information content (AvgIpc) is 3.05. The van der Waals surface area contributed by atoms with Crippen molar-refractivity contribution in [2.75, 3.05) is 7.05 Å². The maximum Gasteiger partial charge on any atom is 0.254 e. The minimum atomic E-state index is -0.0519. The smallest absolute Gasteiger partial charge is 0.254 e. The fourth-order valence-corrected chi connectivity index (χ4v) is 2.14. The third kappa shape index (κ3) is 2.27. The molecule has 0 saturated heterocycles. The van der Waals surface area contributed by atoms with E-state index in [0.717, 1.165) is 16.7 Å². The van der Waals surface area contributed by atoms with E-state index in [1.165, 1.54) is 0 Å². The van der Waals surface area contributed by atoms with Gasteiger partial charge in [-0.3, -0.25) is 9.89 Å². The lowest BCUT2D eigenvalue weighted by Crippen LogP contribution is -2.26. The van der Waals surface area contributed by atoms with Gasteiger partial charge in [-0.2, -0.15) is 5.10 Å². The van der Waals surface area contributed by atoms with E-state index in [1.807, 2.05) is 37.4 Å². The normalized spacial score (nSPS) is 10.9. The van der Waals surface area contributed by atoms with Crippen LogP contribution in [0.1, 0.15) is 22.0 Å². The molecule has 0 aliphatic heterocycles. The van der Waals surface area contributed by atoms with E-state index >= 15 is 0 Å². The van der Waals surface area contributed by atoms with Crippen molar-refractivity contribution in [1.29, 1.82) is 0 Å². The van der Waals surface area contributed by atoms with Crippen molar-refractivity contribution in [2.45, 2.75) is 13.5 Å². The van der Waals surface area contributed by atoms with Gasteiger partial charge in [0.1, 0.15) is 5.82 Å². The first-order valence-electron chi connectivity index (χ1n) is 6.34. The molecule has 0 bridgehead atoms. The molecule has 20 heavy (non-hydrogen) atoms. The molecule has 0 aliphatic rings. The van der Waals surface area contributed by atoms with Gasteiger partial charge in [-0.1, -0.05) is 6.07 Å². The Bertz CT molecular complexity index is 758. The molecule has 2 heterocycles. The molecule has 6 nitrogen and oxygen atoms in total. The molecule has 0 radical (unpaired) electrons. The molecule has 2 aromatic heterocycles. The molecule has 0 spiro atoms. The zero-order valence-electron chi connectivity index (χ0n) is 11.3. The van der Waals surface area contributed by atoms with E-state index in [1.54, 1.807) is 11.9 Å². The molecule has 0 fully saturated rings. The monoisotopic (exact) mass is 269 g/mol. The van der Waals surface area contributed by atoms with Gasteiger partial charge in [0, 0.05) is 24.3 Å². The van der Waals surface area contributed by atoms with Crippen molar-refractivity contribution in [1.82, 2.24) is 25.1 Å². The number of rotatable bonds is 3. The second kappa shape index (κ2) is 4.80. The molecule has 102 valence electrons. The average molecular weight is 269 g/mol. The lowest BCUT2D eigenvalue weighted by atomic mass is 10.1. The summed E-state index contributed by atoms with van der Waals surface area (Å²) in [5, 5.41) is 7.90. The predicted octanol–water partition coefficient (Wildman–Crippen LogP) is 1.87. The summed E-state index contributed by atoms with van der Waals surface area (Å²) >= 11 is 0. The Kier molecular flexibility index (Phi) is 2.98. The summed E-state index contributed by atoms with van der Waals surface area (Å²) in [6, 6.07) is 7.60. The highest BCUT2D eigenvalue weighted by Gasteiger charge is 2.14. The number of fused-ring (bicyclic) bond motifs is 1. The topological polar surface area (TPSA) is 77.7 Å². The Balaban J connectivity index is 1.80. The van der Waals surface area contributed by atoms with Crippen molar-refractivity contribution < 1.29 is 4.79 Å². The van der Waals surface area contributed by atoms with Crippen LogP contribution < -0.4 is 0 Å². The summed E-state index contributed by atoms with van der Waals surface area (Å²) in [6.45, 7) is 2.21. The largest absolute Gasteiger partial charge is 0.361 e. The third-order valence-corrected chi connectivity index (χ3v) is 3.17. The summed E-state index contributed by atoms with van der Waals surface area (Å²) in [6.07, 6.45) is 1.86. The number of amides is 1. The Labute approximate surface area is 115 Å². The number of aryl methyl sites for hydroxylation is 1. The molecule has 3 rings (SSSR count). The van der Waals surface area contributed by atoms with Gasteiger partial charge in [0.25, 0.3) is 5.91 Å². The van der Waals surface area contributed by atoms with E-state index in [9.17, 15) is 4.79 Å². The standard InChI is InChI=1S/C14H15N5O/c1-9-16-13(18-17-9)8-19(2)14(20)11-4-3-10-5-6-15-12(10)7-11/h3-7,15H,8H2,1-2H3,(H,16,17,18). The van der Waals surface area contributed by atoms with E-state index in [-0.39, 0.29) is 5.91 Å². The second-order valence-electron chi connectivity index (χ2n) is 4.78. The second-order valence-corrected chi connectivity index (χ2v) is 4.78. The first-order valence-corrected chi connectivity index (χ1v) is 6.34. The summed E-state index contributed by atoms with van der Waals surface area (Å²) in [5.74, 6) is 1.30. The molecule has 2 N–H and O–H groups in total. The molecule has 0 saturated carbocycles. The zero-order chi connectivity index (χ0) is 14.1. The Hall–Kier alpha value is -2.63. The van der Waals surface area contributed by atoms with Gasteiger partial charge in [-0.15, -0.1) is 0 Å². The third-order valence-electron chi connectivity index (χ3n) is 3.17. The van der Waals surface area contributed by atoms with Crippen LogP contribution >= 0.6 is 0 Å². The number of hydrogen-bond donors (Lipinski definition) is 2. The molecule has 3 aromatic rings. The van der Waals surface area contributed by atoms with Crippen LogP contribution in [0.2, 0.25) is 0 Å². The molecule has 0 atom stereocenters. The number of nitrogens with zero attached hydrogens (tertiary/aromatic N) is 3. The number of carbonyl (C=O) groups is 1. The van der Waals surface area contributed by atoms with E-state index in [0.29, 0.717) is 17.9 Å². The Morgan fingerprint density at radius 2 is 2.20 bits per heavy atom. The molecule has 0 unspecified atom stereocenters. The van der Waals surface area contributed by atoms with Crippen LogP contribution in [0, 0.1) is 6.92 Å². The first-order chi connectivity index (χ1) is 9.63. The summed E-state index contributed by atoms with van der Waals surface area (Å²) in [4.78, 5) is 21.3. The van der Waals surface area contributed by atoms with Crippen LogP contribution in [0.4, 0.5) is 0 Å². The van der Waals surface area contributed by atoms with E-state index < -0.39 is 0 Å². The van der Waals surface area contributed by atoms with Gasteiger partial charge in [0.15, 0.2) is 5.82 Å². The fourth-order valence-electron chi connectivity index (χ4n) is 2.14. The number of hydrogen-bond acceptors (Lipinski definition) is 3. The van der Waals surface area contributed by atoms with Crippen molar-refractivity contribution in [2.24, 2.45) is 0 Å². The number of aromatic nitrogens is 4. The van der Waals surface area contributed by atoms with Crippen LogP contribution in [-0.4, -0.2) is 38.0 Å². The zero-order valence-corrected chi connectivity index (χ0v) is 11.3. The summed E-state index contributed by atoms with van der Waals surface area (Å²) in [5.41, 5.74) is 1.60. The maximum atomic E-state index is 12.4. The fraction of sp³-hybridized carbons (Fsp3) is 0.214. The predicted molar refractivity (Wildman–Crippen MR) is 75.2 cm³/mol. The number of carbonyl (C=O) groups excluding carboxylic acids is 1. The van der Waals surface area contributed by atoms with Crippen molar-refractivity contribution >= 4 is 16.8 Å². The first kappa shape index (κ1) is 12.4. The Morgan fingerprint density at radius 3 is 2.95 bits per heavy atom. The maximum absolute atomic E-state index is 12.4. The van der Waals surface area contributed by atoms with Crippen molar-refractivity contribution in [3.63, 3.8) is 0 Å². The van der Waals surface area contributed by atoms with Crippen LogP contribution in [0.25, 0.3) is 10.9 Å². The summed E-state index contributed by atoms with van der Waals surface area (Å²) in [7, 11) is 1.74. The lowest BCUT2D eigenvalue weighted by Gasteiger charge is -2.15. The van der Waals surface area contributed by atoms with Gasteiger partial charge in [-0.05, 0) is 30.5 Å². The SMILES string of the molecule is Cc1nc(CN(C)C(=O)c2ccc3cc[nH]c3c2)n[nH]1. The molecular formula is C14H15N5O. The molecule has 0 aliphatic carbocycles.